The number of methoxy groups -OCH3 is 2. The van der Waals surface area contributed by atoms with E-state index in [9.17, 15) is 4.79 Å². The maximum Gasteiger partial charge on any atom is 0.271 e. The van der Waals surface area contributed by atoms with Gasteiger partial charge in [-0.05, 0) is 41.5 Å². The molecule has 6 heteroatoms. The Morgan fingerprint density at radius 3 is 2.48 bits per heavy atom. The average Bonchev–Trinajstić information content (AvgIpc) is 2.78. The van der Waals surface area contributed by atoms with Gasteiger partial charge in [0.05, 0.1) is 20.4 Å². The molecule has 0 atom stereocenters. The van der Waals surface area contributed by atoms with Crippen LogP contribution in [0.3, 0.4) is 0 Å². The van der Waals surface area contributed by atoms with Crippen molar-refractivity contribution in [2.24, 2.45) is 5.10 Å². The number of benzene rings is 3. The van der Waals surface area contributed by atoms with E-state index in [2.05, 4.69) is 10.5 Å². The van der Waals surface area contributed by atoms with E-state index in [-0.39, 0.29) is 5.91 Å². The molecule has 0 aliphatic rings. The molecule has 0 spiro atoms. The quantitative estimate of drug-likeness (QED) is 0.465. The first kappa shape index (κ1) is 19.9. The van der Waals surface area contributed by atoms with Crippen molar-refractivity contribution in [3.05, 3.63) is 89.5 Å². The number of nitrogens with zero attached hydrogens (tertiary/aromatic N) is 1. The van der Waals surface area contributed by atoms with Gasteiger partial charge >= 0.3 is 0 Å². The summed E-state index contributed by atoms with van der Waals surface area (Å²) >= 11 is 0. The summed E-state index contributed by atoms with van der Waals surface area (Å²) in [5.41, 5.74) is 4.82. The van der Waals surface area contributed by atoms with E-state index in [1.165, 1.54) is 7.11 Å². The molecule has 3 aromatic rings. The van der Waals surface area contributed by atoms with Gasteiger partial charge in [0.2, 0.25) is 0 Å². The van der Waals surface area contributed by atoms with Crippen molar-refractivity contribution in [2.75, 3.05) is 14.2 Å². The maximum absolute atomic E-state index is 12.3. The summed E-state index contributed by atoms with van der Waals surface area (Å²) in [5, 5.41) is 4.02. The summed E-state index contributed by atoms with van der Waals surface area (Å²) in [6.45, 7) is 0.484. The van der Waals surface area contributed by atoms with Gasteiger partial charge in [-0.3, -0.25) is 4.79 Å². The first-order valence-corrected chi connectivity index (χ1v) is 9.02. The van der Waals surface area contributed by atoms with E-state index in [1.807, 2.05) is 54.6 Å². The zero-order valence-corrected chi connectivity index (χ0v) is 16.3. The van der Waals surface area contributed by atoms with Crippen molar-refractivity contribution in [3.63, 3.8) is 0 Å². The summed E-state index contributed by atoms with van der Waals surface area (Å²) in [7, 11) is 3.06. The molecule has 0 bridgehead atoms. The lowest BCUT2D eigenvalue weighted by atomic mass is 10.2. The zero-order valence-electron chi connectivity index (χ0n) is 16.3. The highest BCUT2D eigenvalue weighted by molar-refractivity contribution is 5.95. The van der Waals surface area contributed by atoms with Crippen molar-refractivity contribution in [1.29, 1.82) is 0 Å². The standard InChI is InChI=1S/C23H22N2O4/c1-27-21-12-11-19(14-22(21)28-2)23(26)25-24-15-18-9-6-10-20(13-18)29-16-17-7-4-3-5-8-17/h3-15H,16H2,1-2H3,(H,25,26)/b24-15+. The summed E-state index contributed by atoms with van der Waals surface area (Å²) in [5.74, 6) is 1.41. The van der Waals surface area contributed by atoms with Gasteiger partial charge in [-0.25, -0.2) is 5.43 Å². The monoisotopic (exact) mass is 390 g/mol. The third-order valence-corrected chi connectivity index (χ3v) is 4.13. The van der Waals surface area contributed by atoms with Crippen LogP contribution < -0.4 is 19.6 Å². The molecule has 0 aromatic heterocycles. The molecular weight excluding hydrogens is 368 g/mol. The van der Waals surface area contributed by atoms with Crippen molar-refractivity contribution in [1.82, 2.24) is 5.43 Å². The predicted octanol–water partition coefficient (Wildman–Crippen LogP) is 4.05. The van der Waals surface area contributed by atoms with Gasteiger partial charge in [0.1, 0.15) is 12.4 Å². The van der Waals surface area contributed by atoms with Crippen molar-refractivity contribution in [2.45, 2.75) is 6.61 Å². The van der Waals surface area contributed by atoms with Crippen LogP contribution in [0.25, 0.3) is 0 Å². The van der Waals surface area contributed by atoms with Crippen LogP contribution >= 0.6 is 0 Å². The Bertz CT molecular complexity index is 987. The molecule has 148 valence electrons. The Morgan fingerprint density at radius 2 is 1.72 bits per heavy atom. The highest BCUT2D eigenvalue weighted by Crippen LogP contribution is 2.27. The minimum absolute atomic E-state index is 0.348. The molecule has 0 radical (unpaired) electrons. The summed E-state index contributed by atoms with van der Waals surface area (Å²) in [4.78, 5) is 12.3. The maximum atomic E-state index is 12.3. The van der Waals surface area contributed by atoms with E-state index in [1.54, 1.807) is 31.5 Å². The Labute approximate surface area is 169 Å². The van der Waals surface area contributed by atoms with Gasteiger partial charge in [-0.2, -0.15) is 5.10 Å². The summed E-state index contributed by atoms with van der Waals surface area (Å²) in [6, 6.07) is 22.3. The third kappa shape index (κ3) is 5.59. The van der Waals surface area contributed by atoms with Gasteiger partial charge in [0.25, 0.3) is 5.91 Å². The molecule has 6 nitrogen and oxygen atoms in total. The highest BCUT2D eigenvalue weighted by Gasteiger charge is 2.10. The molecule has 3 rings (SSSR count). The molecular formula is C23H22N2O4. The van der Waals surface area contributed by atoms with E-state index < -0.39 is 0 Å². The number of amides is 1. The van der Waals surface area contributed by atoms with Crippen LogP contribution in [0.2, 0.25) is 0 Å². The van der Waals surface area contributed by atoms with E-state index in [0.717, 1.165) is 16.9 Å². The Kier molecular flexibility index (Phi) is 6.84. The molecule has 0 aliphatic carbocycles. The molecule has 29 heavy (non-hydrogen) atoms. The molecule has 0 heterocycles. The largest absolute Gasteiger partial charge is 0.493 e. The Morgan fingerprint density at radius 1 is 0.931 bits per heavy atom. The zero-order chi connectivity index (χ0) is 20.5. The van der Waals surface area contributed by atoms with E-state index >= 15 is 0 Å². The fourth-order valence-electron chi connectivity index (χ4n) is 2.63. The van der Waals surface area contributed by atoms with Crippen LogP contribution in [0.15, 0.2) is 77.9 Å². The number of carbonyl (C=O) groups is 1. The van der Waals surface area contributed by atoms with Gasteiger partial charge in [0, 0.05) is 5.56 Å². The van der Waals surface area contributed by atoms with E-state index in [0.29, 0.717) is 23.7 Å². The normalized spacial score (nSPS) is 10.6. The van der Waals surface area contributed by atoms with Crippen molar-refractivity contribution >= 4 is 12.1 Å². The fourth-order valence-corrected chi connectivity index (χ4v) is 2.63. The number of hydrazone groups is 1. The second-order valence-corrected chi connectivity index (χ2v) is 6.12. The smallest absolute Gasteiger partial charge is 0.271 e. The van der Waals surface area contributed by atoms with Crippen molar-refractivity contribution in [3.8, 4) is 17.2 Å². The SMILES string of the molecule is COc1ccc(C(=O)N/N=C/c2cccc(OCc3ccccc3)c2)cc1OC. The molecule has 0 unspecified atom stereocenters. The van der Waals surface area contributed by atoms with Crippen LogP contribution in [0.1, 0.15) is 21.5 Å². The molecule has 0 aliphatic heterocycles. The molecule has 1 amide bonds. The number of ether oxygens (including phenoxy) is 3. The van der Waals surface area contributed by atoms with Crippen LogP contribution in [0.4, 0.5) is 0 Å². The predicted molar refractivity (Wildman–Crippen MR) is 112 cm³/mol. The number of hydrogen-bond donors (Lipinski definition) is 1. The third-order valence-electron chi connectivity index (χ3n) is 4.13. The lowest BCUT2D eigenvalue weighted by molar-refractivity contribution is 0.0954. The lowest BCUT2D eigenvalue weighted by Crippen LogP contribution is -2.17. The topological polar surface area (TPSA) is 69.2 Å². The second kappa shape index (κ2) is 9.94. The Hall–Kier alpha value is -3.80. The highest BCUT2D eigenvalue weighted by atomic mass is 16.5. The number of nitrogens with one attached hydrogen (secondary N) is 1. The van der Waals surface area contributed by atoms with Crippen LogP contribution in [-0.2, 0) is 6.61 Å². The van der Waals surface area contributed by atoms with Gasteiger partial charge in [-0.1, -0.05) is 42.5 Å². The van der Waals surface area contributed by atoms with Crippen LogP contribution in [-0.4, -0.2) is 26.3 Å². The minimum atomic E-state index is -0.348. The average molecular weight is 390 g/mol. The van der Waals surface area contributed by atoms with Crippen LogP contribution in [0.5, 0.6) is 17.2 Å². The molecule has 0 saturated heterocycles. The van der Waals surface area contributed by atoms with Gasteiger partial charge < -0.3 is 14.2 Å². The summed E-state index contributed by atoms with van der Waals surface area (Å²) in [6.07, 6.45) is 1.56. The number of carbonyl (C=O) groups excluding carboxylic acids is 1. The molecule has 0 saturated carbocycles. The van der Waals surface area contributed by atoms with Gasteiger partial charge in [0.15, 0.2) is 11.5 Å². The first-order chi connectivity index (χ1) is 14.2. The lowest BCUT2D eigenvalue weighted by Gasteiger charge is -2.08. The van der Waals surface area contributed by atoms with Gasteiger partial charge in [-0.15, -0.1) is 0 Å². The minimum Gasteiger partial charge on any atom is -0.493 e. The molecule has 0 fully saturated rings. The van der Waals surface area contributed by atoms with E-state index in [4.69, 9.17) is 14.2 Å². The molecule has 3 aromatic carbocycles. The molecule has 1 N–H and O–H groups in total. The fraction of sp³-hybridized carbons (Fsp3) is 0.130. The number of hydrogen-bond acceptors (Lipinski definition) is 5. The summed E-state index contributed by atoms with van der Waals surface area (Å²) < 4.78 is 16.2. The Balaban J connectivity index is 1.59. The van der Waals surface area contributed by atoms with Crippen LogP contribution in [0, 0.1) is 0 Å². The van der Waals surface area contributed by atoms with Crippen molar-refractivity contribution < 1.29 is 19.0 Å². The first-order valence-electron chi connectivity index (χ1n) is 9.02. The second-order valence-electron chi connectivity index (χ2n) is 6.12. The number of rotatable bonds is 8.